The molecule has 22 nitrogen and oxygen atoms in total. The highest BCUT2D eigenvalue weighted by molar-refractivity contribution is 6.34. The van der Waals surface area contributed by atoms with Crippen LogP contribution in [0.3, 0.4) is 0 Å². The zero-order chi connectivity index (χ0) is 51.5. The van der Waals surface area contributed by atoms with Gasteiger partial charge in [-0.05, 0) is 42.8 Å². The Morgan fingerprint density at radius 3 is 2.17 bits per heavy atom. The first kappa shape index (κ1) is 53.1. The molecule has 0 bridgehead atoms. The number of fused-ring (bicyclic) bond motifs is 2. The van der Waals surface area contributed by atoms with Gasteiger partial charge in [0.2, 0.25) is 30.0 Å². The molecule has 4 heterocycles. The first-order chi connectivity index (χ1) is 34.6. The number of hydrogen-bond acceptors (Lipinski definition) is 18. The molecule has 0 aliphatic carbocycles. The van der Waals surface area contributed by atoms with E-state index in [2.05, 4.69) is 20.6 Å². The molecule has 5 N–H and O–H groups in total. The number of carbonyl (C=O) groups is 6. The number of benzene rings is 3. The van der Waals surface area contributed by atoms with Gasteiger partial charge in [-0.15, -0.1) is 0 Å². The van der Waals surface area contributed by atoms with Crippen LogP contribution >= 0.6 is 11.6 Å². The number of amides is 6. The number of hydrogen-bond donors (Lipinski definition) is 5. The van der Waals surface area contributed by atoms with Crippen molar-refractivity contribution in [3.05, 3.63) is 70.2 Å². The second kappa shape index (κ2) is 24.6. The quantitative estimate of drug-likeness (QED) is 0.0380. The fourth-order valence-corrected chi connectivity index (χ4v) is 8.40. The number of anilines is 2. The van der Waals surface area contributed by atoms with Gasteiger partial charge in [-0.1, -0.05) is 17.7 Å². The lowest BCUT2D eigenvalue weighted by atomic mass is 10.0. The van der Waals surface area contributed by atoms with Crippen molar-refractivity contribution in [1.29, 1.82) is 0 Å². The van der Waals surface area contributed by atoms with Crippen LogP contribution in [-0.2, 0) is 38.1 Å². The van der Waals surface area contributed by atoms with Crippen molar-refractivity contribution in [2.45, 2.75) is 31.6 Å². The van der Waals surface area contributed by atoms with Crippen molar-refractivity contribution in [3.8, 4) is 22.6 Å². The van der Waals surface area contributed by atoms with E-state index in [4.69, 9.17) is 35.3 Å². The zero-order valence-corrected chi connectivity index (χ0v) is 39.8. The van der Waals surface area contributed by atoms with Gasteiger partial charge < -0.3 is 59.0 Å². The predicted octanol–water partition coefficient (Wildman–Crippen LogP) is 1.70. The number of piperidine rings is 1. The highest BCUT2D eigenvalue weighted by Gasteiger charge is 2.45. The molecule has 1 atom stereocenters. The van der Waals surface area contributed by atoms with Crippen LogP contribution in [0.4, 0.5) is 20.5 Å². The molecule has 386 valence electrons. The lowest BCUT2D eigenvalue weighted by Crippen LogP contribution is -2.54. The van der Waals surface area contributed by atoms with Gasteiger partial charge in [-0.3, -0.25) is 39.0 Å². The molecule has 1 unspecified atom stereocenters. The van der Waals surface area contributed by atoms with E-state index in [0.29, 0.717) is 32.2 Å². The normalized spacial score (nSPS) is 15.9. The van der Waals surface area contributed by atoms with Crippen molar-refractivity contribution in [1.82, 2.24) is 30.0 Å². The molecule has 0 spiro atoms. The van der Waals surface area contributed by atoms with Gasteiger partial charge in [0.15, 0.2) is 5.82 Å². The van der Waals surface area contributed by atoms with Gasteiger partial charge in [-0.25, -0.2) is 13.8 Å². The lowest BCUT2D eigenvalue weighted by molar-refractivity contribution is -0.159. The lowest BCUT2D eigenvalue weighted by Gasteiger charge is -2.36. The number of nitrogens with zero attached hydrogens (tertiary/aromatic N) is 6. The summed E-state index contributed by atoms with van der Waals surface area (Å²) in [6, 6.07) is 8.28. The van der Waals surface area contributed by atoms with Crippen LogP contribution in [-0.4, -0.2) is 194 Å². The van der Waals surface area contributed by atoms with Crippen LogP contribution in [0, 0.1) is 11.6 Å². The van der Waals surface area contributed by atoms with Crippen molar-refractivity contribution in [3.63, 3.8) is 0 Å². The molecule has 2 saturated heterocycles. The molecule has 6 amide bonds. The fraction of sp³-hybridized carbons (Fsp3) is 0.447. The number of piperazine rings is 1. The third kappa shape index (κ3) is 12.7. The molecule has 4 aromatic rings. The molecule has 0 radical (unpaired) electrons. The average molecular weight is 1030 g/mol. The Morgan fingerprint density at radius 2 is 1.51 bits per heavy atom. The summed E-state index contributed by atoms with van der Waals surface area (Å²) < 4.78 is 59.3. The number of aromatic nitrogens is 2. The van der Waals surface area contributed by atoms with Gasteiger partial charge in [0.1, 0.15) is 41.3 Å². The predicted molar refractivity (Wildman–Crippen MR) is 251 cm³/mol. The summed E-state index contributed by atoms with van der Waals surface area (Å²) in [4.78, 5) is 89.1. The Kier molecular flexibility index (Phi) is 18.2. The van der Waals surface area contributed by atoms with Gasteiger partial charge in [-0.2, -0.15) is 4.98 Å². The van der Waals surface area contributed by atoms with E-state index in [1.165, 1.54) is 40.1 Å². The molecule has 0 saturated carbocycles. The number of likely N-dealkylation sites (N-methyl/N-ethyl adjacent to an activating group) is 1. The second-order valence-electron chi connectivity index (χ2n) is 16.6. The average Bonchev–Trinajstić information content (AvgIpc) is 3.60. The summed E-state index contributed by atoms with van der Waals surface area (Å²) in [6.07, 6.45) is -2.08. The number of aliphatic hydroxyl groups is 2. The van der Waals surface area contributed by atoms with E-state index in [1.807, 2.05) is 0 Å². The number of rotatable bonds is 24. The van der Waals surface area contributed by atoms with E-state index in [-0.39, 0.29) is 136 Å². The van der Waals surface area contributed by atoms with Gasteiger partial charge >= 0.3 is 0 Å². The van der Waals surface area contributed by atoms with E-state index in [9.17, 15) is 48.5 Å². The van der Waals surface area contributed by atoms with Crippen LogP contribution < -0.4 is 20.3 Å². The summed E-state index contributed by atoms with van der Waals surface area (Å²) in [5.41, 5.74) is -0.845. The Bertz CT molecular complexity index is 2660. The molecule has 25 heteroatoms. The van der Waals surface area contributed by atoms with E-state index < -0.39 is 70.4 Å². The van der Waals surface area contributed by atoms with Crippen LogP contribution in [0.1, 0.15) is 40.0 Å². The first-order valence-electron chi connectivity index (χ1n) is 23.0. The number of phenolic OH excluding ortho intramolecular Hbond substituents is 1. The summed E-state index contributed by atoms with van der Waals surface area (Å²) in [5.74, 6) is -5.44. The molecular formula is C47H53ClF2N8O14. The second-order valence-corrected chi connectivity index (χ2v) is 17.0. The largest absolute Gasteiger partial charge is 0.507 e. The Morgan fingerprint density at radius 1 is 0.861 bits per heavy atom. The molecule has 72 heavy (non-hydrogen) atoms. The monoisotopic (exact) mass is 1030 g/mol. The van der Waals surface area contributed by atoms with Crippen LogP contribution in [0.2, 0.25) is 5.02 Å². The maximum atomic E-state index is 16.4. The number of aliphatic hydroxyl groups excluding tert-OH is 1. The topological polar surface area (TPSA) is 272 Å². The van der Waals surface area contributed by atoms with Gasteiger partial charge in [0.25, 0.3) is 17.7 Å². The summed E-state index contributed by atoms with van der Waals surface area (Å²) in [7, 11) is 1.61. The highest BCUT2D eigenvalue weighted by Crippen LogP contribution is 2.42. The van der Waals surface area contributed by atoms with E-state index in [1.54, 1.807) is 18.0 Å². The van der Waals surface area contributed by atoms with E-state index in [0.717, 1.165) is 11.0 Å². The number of phenols is 1. The molecule has 2 fully saturated rings. The summed E-state index contributed by atoms with van der Waals surface area (Å²) >= 11 is 6.53. The van der Waals surface area contributed by atoms with Crippen LogP contribution in [0.15, 0.2) is 42.5 Å². The molecule has 7 rings (SSSR count). The zero-order valence-electron chi connectivity index (χ0n) is 39.1. The Labute approximate surface area is 415 Å². The standard InChI is InChI=1S/C47H53ClF2N8O14/c1-55(15-16-68-17-18-69-19-20-70-21-22-71-23-24-72-27-5-6-28-29(25-27)44(64)58(43(28)63)33-7-8-35(60)52-42(33)62)36(61)9-10-51-47-53-40-30(41(54-47)56-11-13-57(14-12-56)45(65)46(66)67)26-31(48)37(39(40)50)38-32(49)3-2-4-34(38)59/h2-6,25-26,33,46,59,66-67H,7-24H2,1H3,(H,51,53,54)(H,52,60,62). The minimum atomic E-state index is -2.17. The molecule has 3 aromatic carbocycles. The number of imide groups is 2. The molecule has 3 aliphatic rings. The smallest absolute Gasteiger partial charge is 0.279 e. The van der Waals surface area contributed by atoms with Crippen molar-refractivity contribution < 1.29 is 76.6 Å². The molecule has 3 aliphatic heterocycles. The first-order valence-corrected chi connectivity index (χ1v) is 23.4. The maximum absolute atomic E-state index is 16.4. The number of nitrogens with one attached hydrogen (secondary N) is 2. The number of halogens is 3. The number of ether oxygens (including phenoxy) is 5. The maximum Gasteiger partial charge on any atom is 0.279 e. The minimum Gasteiger partial charge on any atom is -0.507 e. The molecule has 1 aromatic heterocycles. The van der Waals surface area contributed by atoms with Crippen LogP contribution in [0.25, 0.3) is 22.0 Å². The van der Waals surface area contributed by atoms with Crippen molar-refractivity contribution in [2.24, 2.45) is 0 Å². The van der Waals surface area contributed by atoms with E-state index >= 15 is 4.39 Å². The SMILES string of the molecule is CN(CCOCCOCCOCCOCCOc1ccc2c(c1)C(=O)N(C1CCC(=O)NC1=O)C2=O)C(=O)CCNc1nc(N2CCN(C(=O)C(O)O)CC2)c2cc(Cl)c(-c3c(O)cccc3F)c(F)c2n1. The van der Waals surface area contributed by atoms with Gasteiger partial charge in [0.05, 0.1) is 74.6 Å². The van der Waals surface area contributed by atoms with Crippen molar-refractivity contribution >= 4 is 69.7 Å². The third-order valence-electron chi connectivity index (χ3n) is 11.9. The third-order valence-corrected chi connectivity index (χ3v) is 12.2. The van der Waals surface area contributed by atoms with Crippen LogP contribution in [0.5, 0.6) is 11.5 Å². The Hall–Kier alpha value is -6.67. The minimum absolute atomic E-state index is 0.00463. The van der Waals surface area contributed by atoms with Crippen molar-refractivity contribution in [2.75, 3.05) is 116 Å². The number of carbonyl (C=O) groups excluding carboxylic acids is 6. The number of aromatic hydroxyl groups is 1. The Balaban J connectivity index is 0.768. The fourth-order valence-electron chi connectivity index (χ4n) is 8.11. The summed E-state index contributed by atoms with van der Waals surface area (Å²) in [6.45, 7) is 3.23. The highest BCUT2D eigenvalue weighted by atomic mass is 35.5. The van der Waals surface area contributed by atoms with Gasteiger partial charge in [0, 0.05) is 70.1 Å². The molecular weight excluding hydrogens is 974 g/mol. The summed E-state index contributed by atoms with van der Waals surface area (Å²) in [5, 5.41) is 34.2.